The Kier molecular flexibility index (Phi) is 8.26. The summed E-state index contributed by atoms with van der Waals surface area (Å²) in [4.78, 5) is 23.6. The van der Waals surface area contributed by atoms with Gasteiger partial charge in [-0.2, -0.15) is 5.10 Å². The molecule has 0 aliphatic heterocycles. The van der Waals surface area contributed by atoms with E-state index in [0.717, 1.165) is 5.56 Å². The fourth-order valence-electron chi connectivity index (χ4n) is 2.48. The summed E-state index contributed by atoms with van der Waals surface area (Å²) in [7, 11) is 1.58. The third kappa shape index (κ3) is 7.52. The number of nitrogens with one attached hydrogen (secondary N) is 2. The van der Waals surface area contributed by atoms with Crippen LogP contribution in [-0.4, -0.2) is 38.4 Å². The molecule has 0 bridgehead atoms. The molecule has 0 aliphatic carbocycles. The topological polar surface area (TPSA) is 111 Å². The minimum absolute atomic E-state index is 0.113. The van der Waals surface area contributed by atoms with E-state index in [4.69, 9.17) is 18.6 Å². The highest BCUT2D eigenvalue weighted by Gasteiger charge is 2.05. The monoisotopic (exact) mass is 437 g/mol. The van der Waals surface area contributed by atoms with E-state index in [-0.39, 0.29) is 19.1 Å². The molecule has 1 aromatic heterocycles. The smallest absolute Gasteiger partial charge is 0.277 e. The van der Waals surface area contributed by atoms with Crippen molar-refractivity contribution in [1.29, 1.82) is 0 Å². The van der Waals surface area contributed by atoms with Crippen molar-refractivity contribution in [3.63, 3.8) is 0 Å². The lowest BCUT2D eigenvalue weighted by atomic mass is 10.2. The number of hydrogen-bond donors (Lipinski definition) is 2. The van der Waals surface area contributed by atoms with Crippen LogP contribution in [0, 0.1) is 0 Å². The summed E-state index contributed by atoms with van der Waals surface area (Å²) in [5.74, 6) is 1.81. The molecule has 0 saturated carbocycles. The Morgan fingerprint density at radius 2 is 1.53 bits per heavy atom. The van der Waals surface area contributed by atoms with Gasteiger partial charge < -0.3 is 23.9 Å². The highest BCUT2D eigenvalue weighted by molar-refractivity contribution is 5.83. The standard InChI is InChI=1S/C23H23N3O6/c1-29-18-8-10-20(11-9-18)32-16-23(28)26-25-13-17-4-6-19(7-5-17)31-15-22(27)24-14-21-3-2-12-30-21/h2-13H,14-16H2,1H3,(H,24,27)(H,26,28)/b25-13-. The average Bonchev–Trinajstić information content (AvgIpc) is 3.35. The van der Waals surface area contributed by atoms with E-state index in [1.165, 1.54) is 6.21 Å². The molecule has 0 radical (unpaired) electrons. The number of nitrogens with zero attached hydrogens (tertiary/aromatic N) is 1. The van der Waals surface area contributed by atoms with Gasteiger partial charge in [-0.3, -0.25) is 9.59 Å². The summed E-state index contributed by atoms with van der Waals surface area (Å²) in [6.07, 6.45) is 3.04. The SMILES string of the molecule is COc1ccc(OCC(=O)N/N=C\c2ccc(OCC(=O)NCc3ccco3)cc2)cc1. The van der Waals surface area contributed by atoms with Crippen molar-refractivity contribution in [3.8, 4) is 17.2 Å². The zero-order valence-corrected chi connectivity index (χ0v) is 17.4. The molecule has 0 spiro atoms. The van der Waals surface area contributed by atoms with Gasteiger partial charge in [0, 0.05) is 0 Å². The molecular weight excluding hydrogens is 414 g/mol. The molecule has 0 saturated heterocycles. The number of ether oxygens (including phenoxy) is 3. The fraction of sp³-hybridized carbons (Fsp3) is 0.174. The second-order valence-corrected chi connectivity index (χ2v) is 6.47. The maximum absolute atomic E-state index is 11.8. The van der Waals surface area contributed by atoms with Gasteiger partial charge in [-0.05, 0) is 66.2 Å². The van der Waals surface area contributed by atoms with Gasteiger partial charge in [0.1, 0.15) is 23.0 Å². The number of hydrazone groups is 1. The molecule has 9 nitrogen and oxygen atoms in total. The third-order valence-corrected chi connectivity index (χ3v) is 4.12. The van der Waals surface area contributed by atoms with Gasteiger partial charge in [0.2, 0.25) is 0 Å². The Morgan fingerprint density at radius 3 is 2.16 bits per heavy atom. The fourth-order valence-corrected chi connectivity index (χ4v) is 2.48. The number of hydrogen-bond acceptors (Lipinski definition) is 7. The Balaban J connectivity index is 1.34. The molecule has 0 aliphatic rings. The van der Waals surface area contributed by atoms with Crippen LogP contribution in [0.4, 0.5) is 0 Å². The first-order valence-corrected chi connectivity index (χ1v) is 9.73. The molecule has 3 aromatic rings. The predicted molar refractivity (Wildman–Crippen MR) is 117 cm³/mol. The molecule has 2 N–H and O–H groups in total. The van der Waals surface area contributed by atoms with Gasteiger partial charge in [-0.1, -0.05) is 0 Å². The first-order chi connectivity index (χ1) is 15.6. The minimum Gasteiger partial charge on any atom is -0.497 e. The number of amides is 2. The summed E-state index contributed by atoms with van der Waals surface area (Å²) < 4.78 is 21.0. The highest BCUT2D eigenvalue weighted by Crippen LogP contribution is 2.16. The normalized spacial score (nSPS) is 10.5. The molecule has 166 valence electrons. The van der Waals surface area contributed by atoms with Crippen LogP contribution in [-0.2, 0) is 16.1 Å². The summed E-state index contributed by atoms with van der Waals surface area (Å²) in [5.41, 5.74) is 3.14. The number of carbonyl (C=O) groups excluding carboxylic acids is 2. The van der Waals surface area contributed by atoms with Crippen molar-refractivity contribution in [3.05, 3.63) is 78.3 Å². The van der Waals surface area contributed by atoms with Crippen LogP contribution in [0.15, 0.2) is 76.4 Å². The van der Waals surface area contributed by atoms with E-state index >= 15 is 0 Å². The van der Waals surface area contributed by atoms with Crippen molar-refractivity contribution >= 4 is 18.0 Å². The van der Waals surface area contributed by atoms with Crippen LogP contribution in [0.3, 0.4) is 0 Å². The number of carbonyl (C=O) groups is 2. The molecule has 2 aromatic carbocycles. The Bertz CT molecular complexity index is 1010. The number of rotatable bonds is 11. The molecule has 0 fully saturated rings. The van der Waals surface area contributed by atoms with E-state index < -0.39 is 5.91 Å². The molecule has 3 rings (SSSR count). The molecular formula is C23H23N3O6. The van der Waals surface area contributed by atoms with Crippen molar-refractivity contribution in [2.75, 3.05) is 20.3 Å². The van der Waals surface area contributed by atoms with E-state index in [1.807, 2.05) is 0 Å². The third-order valence-electron chi connectivity index (χ3n) is 4.12. The number of methoxy groups -OCH3 is 1. The van der Waals surface area contributed by atoms with Gasteiger partial charge in [0.15, 0.2) is 13.2 Å². The molecule has 0 atom stereocenters. The van der Waals surface area contributed by atoms with Crippen LogP contribution < -0.4 is 25.0 Å². The molecule has 0 unspecified atom stereocenters. The molecule has 32 heavy (non-hydrogen) atoms. The zero-order valence-electron chi connectivity index (χ0n) is 17.4. The lowest BCUT2D eigenvalue weighted by Gasteiger charge is -2.07. The Hall–Kier alpha value is -4.27. The second-order valence-electron chi connectivity index (χ2n) is 6.47. The van der Waals surface area contributed by atoms with Crippen molar-refractivity contribution < 1.29 is 28.2 Å². The number of benzene rings is 2. The van der Waals surface area contributed by atoms with Gasteiger partial charge in [0.05, 0.1) is 26.1 Å². The first-order valence-electron chi connectivity index (χ1n) is 9.73. The molecule has 1 heterocycles. The van der Waals surface area contributed by atoms with Gasteiger partial charge in [-0.25, -0.2) is 5.43 Å². The van der Waals surface area contributed by atoms with Crippen LogP contribution in [0.2, 0.25) is 0 Å². The van der Waals surface area contributed by atoms with E-state index in [9.17, 15) is 9.59 Å². The van der Waals surface area contributed by atoms with Gasteiger partial charge >= 0.3 is 0 Å². The lowest BCUT2D eigenvalue weighted by molar-refractivity contribution is -0.123. The lowest BCUT2D eigenvalue weighted by Crippen LogP contribution is -2.28. The van der Waals surface area contributed by atoms with Crippen LogP contribution in [0.5, 0.6) is 17.2 Å². The highest BCUT2D eigenvalue weighted by atomic mass is 16.5. The average molecular weight is 437 g/mol. The van der Waals surface area contributed by atoms with Gasteiger partial charge in [0.25, 0.3) is 11.8 Å². The van der Waals surface area contributed by atoms with E-state index in [0.29, 0.717) is 29.6 Å². The molecule has 2 amide bonds. The van der Waals surface area contributed by atoms with E-state index in [2.05, 4.69) is 15.8 Å². The maximum Gasteiger partial charge on any atom is 0.277 e. The molecule has 9 heteroatoms. The zero-order chi connectivity index (χ0) is 22.6. The quantitative estimate of drug-likeness (QED) is 0.352. The largest absolute Gasteiger partial charge is 0.497 e. The van der Waals surface area contributed by atoms with Crippen molar-refractivity contribution in [1.82, 2.24) is 10.7 Å². The Labute approximate surface area is 185 Å². The summed E-state index contributed by atoms with van der Waals surface area (Å²) >= 11 is 0. The Morgan fingerprint density at radius 1 is 0.906 bits per heavy atom. The number of furan rings is 1. The van der Waals surface area contributed by atoms with Crippen LogP contribution in [0.1, 0.15) is 11.3 Å². The van der Waals surface area contributed by atoms with E-state index in [1.54, 1.807) is 74.0 Å². The minimum atomic E-state index is -0.391. The maximum atomic E-state index is 11.8. The summed E-state index contributed by atoms with van der Waals surface area (Å²) in [6.45, 7) is 0.0261. The van der Waals surface area contributed by atoms with Crippen molar-refractivity contribution in [2.24, 2.45) is 5.10 Å². The van der Waals surface area contributed by atoms with Gasteiger partial charge in [-0.15, -0.1) is 0 Å². The van der Waals surface area contributed by atoms with Crippen molar-refractivity contribution in [2.45, 2.75) is 6.54 Å². The first kappa shape index (κ1) is 22.4. The van der Waals surface area contributed by atoms with Crippen LogP contribution in [0.25, 0.3) is 0 Å². The summed E-state index contributed by atoms with van der Waals surface area (Å²) in [6, 6.07) is 17.3. The van der Waals surface area contributed by atoms with Crippen LogP contribution >= 0.6 is 0 Å². The summed E-state index contributed by atoms with van der Waals surface area (Å²) in [5, 5.41) is 6.59. The predicted octanol–water partition coefficient (Wildman–Crippen LogP) is 2.51. The second kappa shape index (κ2) is 11.8.